The summed E-state index contributed by atoms with van der Waals surface area (Å²) in [6.45, 7) is 5.22. The average Bonchev–Trinajstić information content (AvgIpc) is 3.19. The van der Waals surface area contributed by atoms with E-state index in [9.17, 15) is 8.42 Å². The van der Waals surface area contributed by atoms with Crippen molar-refractivity contribution >= 4 is 21.6 Å². The third kappa shape index (κ3) is 4.45. The van der Waals surface area contributed by atoms with Gasteiger partial charge in [0.25, 0.3) is 0 Å². The van der Waals surface area contributed by atoms with E-state index in [4.69, 9.17) is 11.6 Å². The van der Waals surface area contributed by atoms with Gasteiger partial charge >= 0.3 is 0 Å². The molecule has 1 aromatic carbocycles. The van der Waals surface area contributed by atoms with Crippen molar-refractivity contribution in [3.8, 4) is 0 Å². The van der Waals surface area contributed by atoms with Gasteiger partial charge in [-0.25, -0.2) is 13.1 Å². The Morgan fingerprint density at radius 1 is 1.35 bits per heavy atom. The molecule has 6 heteroatoms. The van der Waals surface area contributed by atoms with Gasteiger partial charge in [-0.05, 0) is 36.5 Å². The lowest BCUT2D eigenvalue weighted by atomic mass is 10.2. The van der Waals surface area contributed by atoms with Crippen LogP contribution in [0.25, 0.3) is 0 Å². The van der Waals surface area contributed by atoms with Crippen molar-refractivity contribution < 1.29 is 8.42 Å². The molecule has 1 aliphatic carbocycles. The van der Waals surface area contributed by atoms with Crippen molar-refractivity contribution in [2.24, 2.45) is 5.92 Å². The number of rotatable bonds is 7. The van der Waals surface area contributed by atoms with Crippen LogP contribution in [0, 0.1) is 5.92 Å². The molecule has 0 aliphatic heterocycles. The Labute approximate surface area is 126 Å². The van der Waals surface area contributed by atoms with Gasteiger partial charge in [-0.15, -0.1) is 0 Å². The minimum Gasteiger partial charge on any atom is -0.310 e. The highest BCUT2D eigenvalue weighted by Crippen LogP contribution is 2.29. The molecule has 1 aromatic rings. The molecule has 1 saturated carbocycles. The zero-order chi connectivity index (χ0) is 14.8. The van der Waals surface area contributed by atoms with Crippen LogP contribution in [0.5, 0.6) is 0 Å². The fourth-order valence-electron chi connectivity index (χ4n) is 1.81. The second-order valence-electron chi connectivity index (χ2n) is 5.60. The Hall–Kier alpha value is -0.620. The topological polar surface area (TPSA) is 58.2 Å². The van der Waals surface area contributed by atoms with Crippen LogP contribution in [0.1, 0.15) is 32.3 Å². The van der Waals surface area contributed by atoms with Crippen LogP contribution in [-0.4, -0.2) is 21.0 Å². The summed E-state index contributed by atoms with van der Waals surface area (Å²) in [6, 6.07) is 5.48. The quantitative estimate of drug-likeness (QED) is 0.812. The highest BCUT2D eigenvalue weighted by atomic mass is 35.5. The Bertz CT molecular complexity index is 569. The second-order valence-corrected chi connectivity index (χ2v) is 7.74. The molecule has 0 atom stereocenters. The lowest BCUT2D eigenvalue weighted by molar-refractivity contribution is 0.575. The zero-order valence-electron chi connectivity index (χ0n) is 11.8. The lowest BCUT2D eigenvalue weighted by Crippen LogP contribution is -2.26. The van der Waals surface area contributed by atoms with Crippen LogP contribution in [0.2, 0.25) is 5.02 Å². The number of hydrogen-bond acceptors (Lipinski definition) is 3. The fraction of sp³-hybridized carbons (Fsp3) is 0.571. The molecule has 20 heavy (non-hydrogen) atoms. The van der Waals surface area contributed by atoms with Crippen molar-refractivity contribution in [1.82, 2.24) is 10.0 Å². The smallest absolute Gasteiger partial charge is 0.242 e. The molecule has 0 spiro atoms. The van der Waals surface area contributed by atoms with Gasteiger partial charge in [0.1, 0.15) is 4.90 Å². The number of sulfonamides is 1. The largest absolute Gasteiger partial charge is 0.310 e. The molecule has 1 aliphatic rings. The van der Waals surface area contributed by atoms with E-state index >= 15 is 0 Å². The SMILES string of the molecule is CC(C)NCc1ccc(Cl)c(S(=O)(=O)NCC2CC2)c1. The molecule has 0 amide bonds. The van der Waals surface area contributed by atoms with E-state index in [-0.39, 0.29) is 9.92 Å². The molecule has 1 fully saturated rings. The van der Waals surface area contributed by atoms with Crippen LogP contribution in [-0.2, 0) is 16.6 Å². The normalized spacial score (nSPS) is 15.8. The standard InChI is InChI=1S/C14H21ClN2O2S/c1-10(2)16-8-12-5-6-13(15)14(7-12)20(18,19)17-9-11-3-4-11/h5-7,10-11,16-17H,3-4,8-9H2,1-2H3. The van der Waals surface area contributed by atoms with Gasteiger partial charge in [-0.2, -0.15) is 0 Å². The number of benzene rings is 1. The van der Waals surface area contributed by atoms with Gasteiger partial charge < -0.3 is 5.32 Å². The maximum atomic E-state index is 12.3. The summed E-state index contributed by atoms with van der Waals surface area (Å²) in [5.74, 6) is 0.495. The first-order valence-electron chi connectivity index (χ1n) is 6.90. The van der Waals surface area contributed by atoms with Crippen LogP contribution >= 0.6 is 11.6 Å². The highest BCUT2D eigenvalue weighted by molar-refractivity contribution is 7.89. The summed E-state index contributed by atoms with van der Waals surface area (Å²) in [6.07, 6.45) is 2.21. The summed E-state index contributed by atoms with van der Waals surface area (Å²) in [7, 11) is -3.52. The van der Waals surface area contributed by atoms with E-state index < -0.39 is 10.0 Å². The van der Waals surface area contributed by atoms with Gasteiger partial charge in [0.2, 0.25) is 10.0 Å². The van der Waals surface area contributed by atoms with Gasteiger partial charge in [0.05, 0.1) is 5.02 Å². The molecule has 0 heterocycles. The van der Waals surface area contributed by atoms with Crippen LogP contribution < -0.4 is 10.0 Å². The third-order valence-electron chi connectivity index (χ3n) is 3.26. The molecule has 0 bridgehead atoms. The van der Waals surface area contributed by atoms with E-state index in [0.717, 1.165) is 18.4 Å². The Kier molecular flexibility index (Phi) is 5.07. The molecular weight excluding hydrogens is 296 g/mol. The average molecular weight is 317 g/mol. The van der Waals surface area contributed by atoms with Crippen molar-refractivity contribution in [2.75, 3.05) is 6.54 Å². The molecule has 4 nitrogen and oxygen atoms in total. The summed E-state index contributed by atoms with van der Waals surface area (Å²) >= 11 is 6.03. The molecule has 0 aromatic heterocycles. The summed E-state index contributed by atoms with van der Waals surface area (Å²) in [4.78, 5) is 0.169. The molecule has 0 unspecified atom stereocenters. The van der Waals surface area contributed by atoms with E-state index in [1.54, 1.807) is 12.1 Å². The van der Waals surface area contributed by atoms with Gasteiger partial charge in [0, 0.05) is 19.1 Å². The van der Waals surface area contributed by atoms with E-state index in [0.29, 0.717) is 25.0 Å². The lowest BCUT2D eigenvalue weighted by Gasteiger charge is -2.12. The van der Waals surface area contributed by atoms with Crippen LogP contribution in [0.15, 0.2) is 23.1 Å². The maximum absolute atomic E-state index is 12.3. The fourth-order valence-corrected chi connectivity index (χ4v) is 3.48. The van der Waals surface area contributed by atoms with Crippen molar-refractivity contribution in [3.63, 3.8) is 0 Å². The van der Waals surface area contributed by atoms with E-state index in [2.05, 4.69) is 10.0 Å². The van der Waals surface area contributed by atoms with Gasteiger partial charge in [-0.3, -0.25) is 0 Å². The van der Waals surface area contributed by atoms with Crippen molar-refractivity contribution in [2.45, 2.75) is 44.2 Å². The molecule has 0 radical (unpaired) electrons. The minimum atomic E-state index is -3.52. The predicted octanol–water partition coefficient (Wildman–Crippen LogP) is 2.53. The number of hydrogen-bond donors (Lipinski definition) is 2. The molecule has 0 saturated heterocycles. The summed E-state index contributed by atoms with van der Waals surface area (Å²) in [5.41, 5.74) is 0.912. The Morgan fingerprint density at radius 2 is 2.05 bits per heavy atom. The third-order valence-corrected chi connectivity index (χ3v) is 5.16. The molecular formula is C14H21ClN2O2S. The number of halogens is 1. The van der Waals surface area contributed by atoms with E-state index in [1.807, 2.05) is 19.9 Å². The first-order valence-corrected chi connectivity index (χ1v) is 8.76. The summed E-state index contributed by atoms with van der Waals surface area (Å²) < 4.78 is 27.2. The van der Waals surface area contributed by atoms with Crippen molar-refractivity contribution in [3.05, 3.63) is 28.8 Å². The Balaban J connectivity index is 2.13. The van der Waals surface area contributed by atoms with Gasteiger partial charge in [-0.1, -0.05) is 31.5 Å². The monoisotopic (exact) mass is 316 g/mol. The highest BCUT2D eigenvalue weighted by Gasteiger charge is 2.25. The van der Waals surface area contributed by atoms with E-state index in [1.165, 1.54) is 0 Å². The first-order chi connectivity index (χ1) is 9.38. The second kappa shape index (κ2) is 6.43. The molecule has 2 N–H and O–H groups in total. The molecule has 112 valence electrons. The Morgan fingerprint density at radius 3 is 2.65 bits per heavy atom. The molecule has 2 rings (SSSR count). The summed E-state index contributed by atoms with van der Waals surface area (Å²) in [5, 5.41) is 3.53. The van der Waals surface area contributed by atoms with Crippen molar-refractivity contribution in [1.29, 1.82) is 0 Å². The maximum Gasteiger partial charge on any atom is 0.242 e. The first kappa shape index (κ1) is 15.8. The number of nitrogens with one attached hydrogen (secondary N) is 2. The van der Waals surface area contributed by atoms with Gasteiger partial charge in [0.15, 0.2) is 0 Å². The predicted molar refractivity (Wildman–Crippen MR) is 81.3 cm³/mol. The van der Waals surface area contributed by atoms with Crippen LogP contribution in [0.4, 0.5) is 0 Å². The van der Waals surface area contributed by atoms with Crippen LogP contribution in [0.3, 0.4) is 0 Å². The zero-order valence-corrected chi connectivity index (χ0v) is 13.4. The minimum absolute atomic E-state index is 0.169.